The van der Waals surface area contributed by atoms with Gasteiger partial charge in [0.25, 0.3) is 0 Å². The van der Waals surface area contributed by atoms with Gasteiger partial charge in [-0.1, -0.05) is 20.3 Å². The van der Waals surface area contributed by atoms with E-state index in [2.05, 4.69) is 25.2 Å². The topological polar surface area (TPSA) is 52.9 Å². The summed E-state index contributed by atoms with van der Waals surface area (Å²) in [4.78, 5) is 12.1. The maximum atomic E-state index is 12.1. The highest BCUT2D eigenvalue weighted by Crippen LogP contribution is 2.41. The predicted octanol–water partition coefficient (Wildman–Crippen LogP) is 2.62. The van der Waals surface area contributed by atoms with Crippen LogP contribution in [0.3, 0.4) is 0 Å². The van der Waals surface area contributed by atoms with Crippen LogP contribution in [-0.4, -0.2) is 11.9 Å². The largest absolute Gasteiger partial charge is 0.352 e. The van der Waals surface area contributed by atoms with Gasteiger partial charge in [0.15, 0.2) is 0 Å². The van der Waals surface area contributed by atoms with Gasteiger partial charge in [-0.2, -0.15) is 5.26 Å². The van der Waals surface area contributed by atoms with E-state index in [4.69, 9.17) is 5.26 Å². The summed E-state index contributed by atoms with van der Waals surface area (Å²) in [5.41, 5.74) is -0.690. The molecule has 3 nitrogen and oxygen atoms in total. The lowest BCUT2D eigenvalue weighted by atomic mass is 9.69. The van der Waals surface area contributed by atoms with Crippen molar-refractivity contribution in [3.05, 3.63) is 0 Å². The van der Waals surface area contributed by atoms with Gasteiger partial charge in [0.1, 0.15) is 5.41 Å². The van der Waals surface area contributed by atoms with Crippen LogP contribution < -0.4 is 5.32 Å². The summed E-state index contributed by atoms with van der Waals surface area (Å²) < 4.78 is 0. The van der Waals surface area contributed by atoms with Gasteiger partial charge in [0.05, 0.1) is 6.07 Å². The standard InChI is InChI=1S/C14H22N2O/c1-3-11-5-6-12(10(11)2)16-13(17)14(9-15)7-4-8-14/h10-12H,3-8H2,1-2H3,(H,16,17). The highest BCUT2D eigenvalue weighted by atomic mass is 16.2. The molecule has 2 rings (SSSR count). The Bertz CT molecular complexity index is 341. The molecule has 17 heavy (non-hydrogen) atoms. The van der Waals surface area contributed by atoms with Crippen molar-refractivity contribution in [2.45, 2.75) is 58.4 Å². The highest BCUT2D eigenvalue weighted by Gasteiger charge is 2.46. The van der Waals surface area contributed by atoms with Gasteiger partial charge in [0.2, 0.25) is 5.91 Å². The van der Waals surface area contributed by atoms with Gasteiger partial charge < -0.3 is 5.32 Å². The Kier molecular flexibility index (Phi) is 3.42. The Morgan fingerprint density at radius 2 is 2.18 bits per heavy atom. The Hall–Kier alpha value is -1.04. The van der Waals surface area contributed by atoms with E-state index in [0.29, 0.717) is 12.0 Å². The van der Waals surface area contributed by atoms with E-state index in [-0.39, 0.29) is 5.91 Å². The summed E-state index contributed by atoms with van der Waals surface area (Å²) in [6, 6.07) is 2.51. The second-order valence-corrected chi connectivity index (χ2v) is 5.73. The summed E-state index contributed by atoms with van der Waals surface area (Å²) in [5.74, 6) is 1.28. The lowest BCUT2D eigenvalue weighted by molar-refractivity contribution is -0.132. The number of carbonyl (C=O) groups is 1. The molecule has 2 saturated carbocycles. The molecule has 0 aromatic carbocycles. The van der Waals surface area contributed by atoms with Crippen LogP contribution in [0.1, 0.15) is 52.4 Å². The number of hydrogen-bond acceptors (Lipinski definition) is 2. The molecular weight excluding hydrogens is 212 g/mol. The zero-order chi connectivity index (χ0) is 12.5. The zero-order valence-electron chi connectivity index (χ0n) is 10.8. The van der Waals surface area contributed by atoms with E-state index in [9.17, 15) is 4.79 Å². The first-order valence-corrected chi connectivity index (χ1v) is 6.85. The van der Waals surface area contributed by atoms with Crippen molar-refractivity contribution >= 4 is 5.91 Å². The molecule has 0 aliphatic heterocycles. The smallest absolute Gasteiger partial charge is 0.240 e. The van der Waals surface area contributed by atoms with E-state index >= 15 is 0 Å². The van der Waals surface area contributed by atoms with Crippen molar-refractivity contribution in [3.8, 4) is 6.07 Å². The minimum atomic E-state index is -0.690. The maximum absolute atomic E-state index is 12.1. The molecule has 2 aliphatic rings. The monoisotopic (exact) mass is 234 g/mol. The Morgan fingerprint density at radius 1 is 1.47 bits per heavy atom. The lowest BCUT2D eigenvalue weighted by Crippen LogP contribution is -2.49. The molecule has 3 heteroatoms. The number of nitrogens with one attached hydrogen (secondary N) is 1. The second-order valence-electron chi connectivity index (χ2n) is 5.73. The lowest BCUT2D eigenvalue weighted by Gasteiger charge is -2.35. The van der Waals surface area contributed by atoms with Crippen molar-refractivity contribution in [1.82, 2.24) is 5.32 Å². The van der Waals surface area contributed by atoms with Crippen LogP contribution in [0.4, 0.5) is 0 Å². The van der Waals surface area contributed by atoms with Crippen LogP contribution in [0.25, 0.3) is 0 Å². The SMILES string of the molecule is CCC1CCC(NC(=O)C2(C#N)CCC2)C1C. The average molecular weight is 234 g/mol. The first kappa shape index (κ1) is 12.4. The van der Waals surface area contributed by atoms with Gasteiger partial charge in [-0.3, -0.25) is 4.79 Å². The van der Waals surface area contributed by atoms with Crippen LogP contribution in [-0.2, 0) is 4.79 Å². The number of carbonyl (C=O) groups excluding carboxylic acids is 1. The van der Waals surface area contributed by atoms with Gasteiger partial charge in [-0.15, -0.1) is 0 Å². The van der Waals surface area contributed by atoms with Crippen molar-refractivity contribution in [1.29, 1.82) is 5.26 Å². The molecule has 0 radical (unpaired) electrons. The maximum Gasteiger partial charge on any atom is 0.240 e. The normalized spacial score (nSPS) is 34.8. The van der Waals surface area contributed by atoms with E-state index in [0.717, 1.165) is 31.6 Å². The van der Waals surface area contributed by atoms with Gasteiger partial charge >= 0.3 is 0 Å². The summed E-state index contributed by atoms with van der Waals surface area (Å²) in [6.07, 6.45) is 5.98. The summed E-state index contributed by atoms with van der Waals surface area (Å²) in [6.45, 7) is 4.44. The predicted molar refractivity (Wildman–Crippen MR) is 66.0 cm³/mol. The molecule has 0 bridgehead atoms. The van der Waals surface area contributed by atoms with Gasteiger partial charge in [0, 0.05) is 6.04 Å². The molecule has 1 N–H and O–H groups in total. The molecule has 0 aromatic rings. The third-order valence-electron chi connectivity index (χ3n) is 4.92. The zero-order valence-corrected chi connectivity index (χ0v) is 10.8. The number of hydrogen-bond donors (Lipinski definition) is 1. The van der Waals surface area contributed by atoms with Crippen LogP contribution in [0.5, 0.6) is 0 Å². The van der Waals surface area contributed by atoms with Crippen LogP contribution >= 0.6 is 0 Å². The quantitative estimate of drug-likeness (QED) is 0.816. The van der Waals surface area contributed by atoms with Crippen molar-refractivity contribution in [2.24, 2.45) is 17.3 Å². The van der Waals surface area contributed by atoms with E-state index in [1.54, 1.807) is 0 Å². The fourth-order valence-corrected chi connectivity index (χ4v) is 3.25. The molecule has 3 atom stereocenters. The molecule has 2 aliphatic carbocycles. The molecule has 1 amide bonds. The van der Waals surface area contributed by atoms with Crippen molar-refractivity contribution in [2.75, 3.05) is 0 Å². The van der Waals surface area contributed by atoms with Crippen LogP contribution in [0.15, 0.2) is 0 Å². The molecule has 0 spiro atoms. The Balaban J connectivity index is 1.94. The van der Waals surface area contributed by atoms with Crippen LogP contribution in [0.2, 0.25) is 0 Å². The summed E-state index contributed by atoms with van der Waals surface area (Å²) in [7, 11) is 0. The van der Waals surface area contributed by atoms with E-state index < -0.39 is 5.41 Å². The highest BCUT2D eigenvalue weighted by molar-refractivity contribution is 5.86. The average Bonchev–Trinajstić information content (AvgIpc) is 2.59. The molecule has 3 unspecified atom stereocenters. The van der Waals surface area contributed by atoms with Crippen molar-refractivity contribution in [3.63, 3.8) is 0 Å². The number of rotatable bonds is 3. The second kappa shape index (κ2) is 4.68. The third-order valence-corrected chi connectivity index (χ3v) is 4.92. The molecule has 0 aromatic heterocycles. The molecular formula is C14H22N2O. The fraction of sp³-hybridized carbons (Fsp3) is 0.857. The van der Waals surface area contributed by atoms with Crippen LogP contribution in [0, 0.1) is 28.6 Å². The Labute approximate surface area is 104 Å². The first-order valence-electron chi connectivity index (χ1n) is 6.85. The molecule has 94 valence electrons. The summed E-state index contributed by atoms with van der Waals surface area (Å²) >= 11 is 0. The molecule has 0 heterocycles. The summed E-state index contributed by atoms with van der Waals surface area (Å²) in [5, 5.41) is 12.3. The molecule has 2 fully saturated rings. The minimum Gasteiger partial charge on any atom is -0.352 e. The van der Waals surface area contributed by atoms with E-state index in [1.807, 2.05) is 0 Å². The van der Waals surface area contributed by atoms with Gasteiger partial charge in [-0.05, 0) is 43.9 Å². The molecule has 0 saturated heterocycles. The number of nitrogens with zero attached hydrogens (tertiary/aromatic N) is 1. The minimum absolute atomic E-state index is 0.0140. The Morgan fingerprint density at radius 3 is 2.59 bits per heavy atom. The number of amides is 1. The van der Waals surface area contributed by atoms with Gasteiger partial charge in [-0.25, -0.2) is 0 Å². The number of nitriles is 1. The van der Waals surface area contributed by atoms with Crippen molar-refractivity contribution < 1.29 is 4.79 Å². The third kappa shape index (κ3) is 2.06. The van der Waals surface area contributed by atoms with E-state index in [1.165, 1.54) is 12.8 Å². The fourth-order valence-electron chi connectivity index (χ4n) is 3.25. The first-order chi connectivity index (χ1) is 8.13.